The van der Waals surface area contributed by atoms with E-state index >= 15 is 0 Å². The molecule has 0 saturated heterocycles. The van der Waals surface area contributed by atoms with Gasteiger partial charge >= 0.3 is 6.03 Å². The summed E-state index contributed by atoms with van der Waals surface area (Å²) in [6.45, 7) is 5.51. The molecule has 0 radical (unpaired) electrons. The summed E-state index contributed by atoms with van der Waals surface area (Å²) in [5.74, 6) is -0.456. The highest BCUT2D eigenvalue weighted by Gasteiger charge is 2.18. The molecule has 0 bridgehead atoms. The maximum atomic E-state index is 11.8. The van der Waals surface area contributed by atoms with Gasteiger partial charge in [0.1, 0.15) is 5.38 Å². The van der Waals surface area contributed by atoms with Gasteiger partial charge in [0.05, 0.1) is 0 Å². The number of nitrogens with zero attached hydrogens (tertiary/aromatic N) is 2. The van der Waals surface area contributed by atoms with Crippen LogP contribution in [0.2, 0.25) is 0 Å². The van der Waals surface area contributed by atoms with Gasteiger partial charge in [-0.25, -0.2) is 4.79 Å². The molecule has 6 heteroatoms. The first kappa shape index (κ1) is 16.2. The number of rotatable bonds is 6. The number of amides is 3. The summed E-state index contributed by atoms with van der Waals surface area (Å²) >= 11 is 5.59. The van der Waals surface area contributed by atoms with Crippen molar-refractivity contribution in [3.63, 3.8) is 0 Å². The third kappa shape index (κ3) is 7.18. The molecule has 0 aliphatic carbocycles. The van der Waals surface area contributed by atoms with Gasteiger partial charge in [-0.2, -0.15) is 0 Å². The monoisotopic (exact) mass is 263 g/mol. The van der Waals surface area contributed by atoms with Crippen LogP contribution >= 0.6 is 11.6 Å². The molecule has 1 atom stereocenters. The Hall–Kier alpha value is -0.810. The second-order valence-corrected chi connectivity index (χ2v) is 4.86. The average molecular weight is 264 g/mol. The van der Waals surface area contributed by atoms with E-state index in [9.17, 15) is 9.59 Å². The fourth-order valence-electron chi connectivity index (χ4n) is 1.19. The highest BCUT2D eigenvalue weighted by molar-refractivity contribution is 6.31. The van der Waals surface area contributed by atoms with Crippen molar-refractivity contribution >= 4 is 23.5 Å². The Morgan fingerprint density at radius 2 is 1.82 bits per heavy atom. The van der Waals surface area contributed by atoms with Crippen LogP contribution in [0.1, 0.15) is 20.3 Å². The van der Waals surface area contributed by atoms with Gasteiger partial charge in [-0.15, -0.1) is 11.6 Å². The summed E-state index contributed by atoms with van der Waals surface area (Å²) in [4.78, 5) is 26.7. The van der Waals surface area contributed by atoms with Gasteiger partial charge in [0.15, 0.2) is 0 Å². The number of imide groups is 1. The number of hydrogen-bond acceptors (Lipinski definition) is 3. The topological polar surface area (TPSA) is 52.6 Å². The van der Waals surface area contributed by atoms with E-state index in [1.54, 1.807) is 4.90 Å². The Morgan fingerprint density at radius 3 is 2.24 bits per heavy atom. The number of halogens is 1. The summed E-state index contributed by atoms with van der Waals surface area (Å²) in [7, 11) is 3.88. The Balaban J connectivity index is 4.28. The molecule has 0 aliphatic heterocycles. The summed E-state index contributed by atoms with van der Waals surface area (Å²) in [5.41, 5.74) is 0. The van der Waals surface area contributed by atoms with Crippen molar-refractivity contribution in [3.8, 4) is 0 Å². The smallest absolute Gasteiger partial charge is 0.323 e. The van der Waals surface area contributed by atoms with E-state index in [0.29, 0.717) is 13.1 Å². The molecule has 1 unspecified atom stereocenters. The van der Waals surface area contributed by atoms with Gasteiger partial charge in [0.2, 0.25) is 5.91 Å². The van der Waals surface area contributed by atoms with Crippen LogP contribution in [-0.4, -0.2) is 60.8 Å². The molecule has 0 aromatic heterocycles. The molecule has 0 fully saturated rings. The normalized spacial score (nSPS) is 12.4. The van der Waals surface area contributed by atoms with Crippen molar-refractivity contribution in [2.24, 2.45) is 0 Å². The third-order valence-electron chi connectivity index (χ3n) is 2.19. The van der Waals surface area contributed by atoms with E-state index in [4.69, 9.17) is 11.6 Å². The van der Waals surface area contributed by atoms with Crippen LogP contribution in [-0.2, 0) is 4.79 Å². The molecule has 5 nitrogen and oxygen atoms in total. The first-order chi connectivity index (χ1) is 7.88. The van der Waals surface area contributed by atoms with Crippen LogP contribution in [0.25, 0.3) is 0 Å². The molecule has 1 N–H and O–H groups in total. The number of hydrogen-bond donors (Lipinski definition) is 1. The van der Waals surface area contributed by atoms with Gasteiger partial charge in [-0.1, -0.05) is 6.92 Å². The van der Waals surface area contributed by atoms with E-state index < -0.39 is 11.3 Å². The first-order valence-electron chi connectivity index (χ1n) is 5.77. The maximum Gasteiger partial charge on any atom is 0.324 e. The lowest BCUT2D eigenvalue weighted by Gasteiger charge is -2.24. The number of likely N-dealkylation sites (N-methyl/N-ethyl adjacent to an activating group) is 1. The van der Waals surface area contributed by atoms with Crippen LogP contribution in [0.15, 0.2) is 0 Å². The van der Waals surface area contributed by atoms with Crippen LogP contribution in [0, 0.1) is 0 Å². The van der Waals surface area contributed by atoms with Crippen LogP contribution in [0.4, 0.5) is 4.79 Å². The van der Waals surface area contributed by atoms with Gasteiger partial charge in [0.25, 0.3) is 0 Å². The molecule has 17 heavy (non-hydrogen) atoms. The minimum atomic E-state index is -0.698. The van der Waals surface area contributed by atoms with Gasteiger partial charge in [-0.3, -0.25) is 10.1 Å². The molecule has 0 heterocycles. The molecule has 0 aromatic rings. The van der Waals surface area contributed by atoms with E-state index in [1.165, 1.54) is 6.92 Å². The van der Waals surface area contributed by atoms with E-state index in [2.05, 4.69) is 5.32 Å². The zero-order valence-electron chi connectivity index (χ0n) is 11.0. The highest BCUT2D eigenvalue weighted by Crippen LogP contribution is 1.97. The fourth-order valence-corrected chi connectivity index (χ4v) is 1.24. The van der Waals surface area contributed by atoms with Crippen molar-refractivity contribution in [2.45, 2.75) is 25.6 Å². The average Bonchev–Trinajstić information content (AvgIpc) is 2.23. The van der Waals surface area contributed by atoms with Crippen LogP contribution in [0.3, 0.4) is 0 Å². The van der Waals surface area contributed by atoms with Crippen molar-refractivity contribution < 1.29 is 9.59 Å². The molecule has 100 valence electrons. The quantitative estimate of drug-likeness (QED) is 0.731. The first-order valence-corrected chi connectivity index (χ1v) is 6.20. The highest BCUT2D eigenvalue weighted by atomic mass is 35.5. The summed E-state index contributed by atoms with van der Waals surface area (Å²) in [6.07, 6.45) is 0.853. The molecule has 0 rings (SSSR count). The maximum absolute atomic E-state index is 11.8. The zero-order valence-corrected chi connectivity index (χ0v) is 11.8. The lowest BCUT2D eigenvalue weighted by Crippen LogP contribution is -2.47. The number of carbonyl (C=O) groups is 2. The van der Waals surface area contributed by atoms with Crippen LogP contribution in [0.5, 0.6) is 0 Å². The molecule has 3 amide bonds. The van der Waals surface area contributed by atoms with Crippen molar-refractivity contribution in [3.05, 3.63) is 0 Å². The Kier molecular flexibility index (Phi) is 7.91. The third-order valence-corrected chi connectivity index (χ3v) is 2.39. The van der Waals surface area contributed by atoms with Gasteiger partial charge in [-0.05, 0) is 27.4 Å². The zero-order chi connectivity index (χ0) is 13.4. The summed E-state index contributed by atoms with van der Waals surface area (Å²) in [5, 5.41) is 1.59. The molecule has 0 aliphatic rings. The molecule has 0 aromatic carbocycles. The van der Waals surface area contributed by atoms with Crippen LogP contribution < -0.4 is 5.32 Å². The van der Waals surface area contributed by atoms with Crippen molar-refractivity contribution in [1.82, 2.24) is 15.1 Å². The molecular weight excluding hydrogens is 242 g/mol. The van der Waals surface area contributed by atoms with E-state index in [0.717, 1.165) is 13.0 Å². The van der Waals surface area contributed by atoms with E-state index in [-0.39, 0.29) is 6.03 Å². The molecule has 0 spiro atoms. The number of carbonyl (C=O) groups excluding carboxylic acids is 2. The Morgan fingerprint density at radius 1 is 1.24 bits per heavy atom. The van der Waals surface area contributed by atoms with E-state index in [1.807, 2.05) is 25.9 Å². The second kappa shape index (κ2) is 8.31. The Labute approximate surface area is 108 Å². The number of urea groups is 1. The molecular formula is C11H22ClN3O2. The predicted molar refractivity (Wildman–Crippen MR) is 69.3 cm³/mol. The number of alkyl halides is 1. The second-order valence-electron chi connectivity index (χ2n) is 4.20. The summed E-state index contributed by atoms with van der Waals surface area (Å²) in [6, 6.07) is -0.369. The lowest BCUT2D eigenvalue weighted by molar-refractivity contribution is -0.119. The fraction of sp³-hybridized carbons (Fsp3) is 0.818. The van der Waals surface area contributed by atoms with Gasteiger partial charge in [0, 0.05) is 19.6 Å². The SMILES string of the molecule is CCCN(CCN(C)C)C(=O)NC(=O)C(C)Cl. The molecule has 0 saturated carbocycles. The summed E-state index contributed by atoms with van der Waals surface area (Å²) < 4.78 is 0. The van der Waals surface area contributed by atoms with Crippen molar-refractivity contribution in [2.75, 3.05) is 33.7 Å². The standard InChI is InChI=1S/C11H22ClN3O2/c1-5-6-15(8-7-14(3)4)11(17)13-10(16)9(2)12/h9H,5-8H2,1-4H3,(H,13,16,17). The predicted octanol–water partition coefficient (Wildman–Crippen LogP) is 1.12. The van der Waals surface area contributed by atoms with Crippen molar-refractivity contribution in [1.29, 1.82) is 0 Å². The van der Waals surface area contributed by atoms with Gasteiger partial charge < -0.3 is 9.80 Å². The number of nitrogens with one attached hydrogen (secondary N) is 1. The largest absolute Gasteiger partial charge is 0.324 e. The minimum absolute atomic E-state index is 0.369. The Bertz CT molecular complexity index is 257. The lowest BCUT2D eigenvalue weighted by atomic mass is 10.4. The minimum Gasteiger partial charge on any atom is -0.323 e.